The number of nitrogens with one attached hydrogen (secondary N) is 1. The zero-order chi connectivity index (χ0) is 20.6. The van der Waals surface area contributed by atoms with Gasteiger partial charge in [-0.05, 0) is 12.5 Å². The van der Waals surface area contributed by atoms with Crippen LogP contribution >= 0.6 is 22.9 Å². The Kier molecular flexibility index (Phi) is 5.49. The molecule has 3 rings (SSSR count). The average molecular weight is 430 g/mol. The van der Waals surface area contributed by atoms with E-state index in [0.717, 1.165) is 27.9 Å². The van der Waals surface area contributed by atoms with Crippen LogP contribution < -0.4 is 10.9 Å². The van der Waals surface area contributed by atoms with E-state index in [1.54, 1.807) is 6.92 Å². The van der Waals surface area contributed by atoms with Gasteiger partial charge in [0.1, 0.15) is 15.8 Å². The van der Waals surface area contributed by atoms with Crippen molar-refractivity contribution in [3.63, 3.8) is 0 Å². The van der Waals surface area contributed by atoms with Gasteiger partial charge in [-0.2, -0.15) is 0 Å². The predicted molar refractivity (Wildman–Crippen MR) is 101 cm³/mol. The first-order valence-corrected chi connectivity index (χ1v) is 9.47. The molecular weight excluding hydrogens is 415 g/mol. The molecule has 0 atom stereocenters. The van der Waals surface area contributed by atoms with Crippen LogP contribution in [0.25, 0.3) is 4.96 Å². The van der Waals surface area contributed by atoms with Gasteiger partial charge in [0, 0.05) is 26.0 Å². The van der Waals surface area contributed by atoms with Gasteiger partial charge in [0.05, 0.1) is 11.3 Å². The zero-order valence-electron chi connectivity index (χ0n) is 14.9. The second-order valence-electron chi connectivity index (χ2n) is 6.13. The number of aromatic nitrogens is 2. The third kappa shape index (κ3) is 3.77. The molecule has 0 saturated carbocycles. The van der Waals surface area contributed by atoms with Gasteiger partial charge in [-0.25, -0.2) is 22.6 Å². The summed E-state index contributed by atoms with van der Waals surface area (Å²) >= 11 is 7.02. The first-order valence-electron chi connectivity index (χ1n) is 8.28. The molecule has 0 spiro atoms. The molecule has 1 aromatic carbocycles. The molecule has 0 saturated heterocycles. The summed E-state index contributed by atoms with van der Waals surface area (Å²) in [6, 6.07) is 4.83. The molecule has 0 fully saturated rings. The number of rotatable bonds is 5. The summed E-state index contributed by atoms with van der Waals surface area (Å²) in [5, 5.41) is 2.57. The van der Waals surface area contributed by atoms with Crippen molar-refractivity contribution >= 4 is 33.8 Å². The number of thiazole rings is 1. The van der Waals surface area contributed by atoms with Crippen molar-refractivity contribution in [2.75, 3.05) is 6.54 Å². The minimum Gasteiger partial charge on any atom is -0.351 e. The maximum atomic E-state index is 14.5. The van der Waals surface area contributed by atoms with Crippen LogP contribution in [0.2, 0.25) is 4.34 Å². The second kappa shape index (κ2) is 7.56. The van der Waals surface area contributed by atoms with Gasteiger partial charge in [0.15, 0.2) is 4.96 Å². The maximum Gasteiger partial charge on any atom is 0.273 e. The molecule has 3 aromatic rings. The lowest BCUT2D eigenvalue weighted by Gasteiger charge is -2.14. The highest BCUT2D eigenvalue weighted by atomic mass is 35.5. The van der Waals surface area contributed by atoms with Crippen LogP contribution in [0.5, 0.6) is 0 Å². The van der Waals surface area contributed by atoms with E-state index in [4.69, 9.17) is 11.6 Å². The Bertz CT molecular complexity index is 1120. The number of hydrogen-bond donors (Lipinski definition) is 1. The maximum absolute atomic E-state index is 14.5. The van der Waals surface area contributed by atoms with Gasteiger partial charge in [0.25, 0.3) is 17.4 Å². The van der Waals surface area contributed by atoms with E-state index in [-0.39, 0.29) is 32.7 Å². The van der Waals surface area contributed by atoms with Gasteiger partial charge in [-0.3, -0.25) is 9.59 Å². The molecule has 28 heavy (non-hydrogen) atoms. The first kappa shape index (κ1) is 20.3. The molecule has 0 aliphatic carbocycles. The number of benzene rings is 1. The van der Waals surface area contributed by atoms with Crippen LogP contribution in [-0.4, -0.2) is 21.8 Å². The summed E-state index contributed by atoms with van der Waals surface area (Å²) in [7, 11) is 0. The summed E-state index contributed by atoms with van der Waals surface area (Å²) in [6.45, 7) is 2.69. The number of fused-ring (bicyclic) bond motifs is 1. The van der Waals surface area contributed by atoms with E-state index in [1.165, 1.54) is 12.1 Å². The zero-order valence-corrected chi connectivity index (χ0v) is 16.4. The number of carbonyl (C=O) groups excluding carboxylic acids is 1. The Morgan fingerprint density at radius 2 is 2.11 bits per heavy atom. The van der Waals surface area contributed by atoms with Crippen LogP contribution in [-0.2, 0) is 12.3 Å². The minimum atomic E-state index is -3.33. The standard InChI is InChI=1S/C18H15ClF3N3O2S/c1-3-23-16(27)14-15(19)28-17-24-10(8-12(26)25(14)17)7-9-5-4-6-11(13(9)20)18(2,21)22/h4-6,8H,3,7H2,1-2H3,(H,23,27). The van der Waals surface area contributed by atoms with Gasteiger partial charge >= 0.3 is 0 Å². The molecule has 10 heteroatoms. The lowest BCUT2D eigenvalue weighted by Crippen LogP contribution is -2.28. The Morgan fingerprint density at radius 3 is 2.75 bits per heavy atom. The predicted octanol–water partition coefficient (Wildman–Crippen LogP) is 4.00. The SMILES string of the molecule is CCNC(=O)c1c(Cl)sc2nc(Cc3cccc(C(C)(F)F)c3F)cc(=O)n12. The molecule has 5 nitrogen and oxygen atoms in total. The highest BCUT2D eigenvalue weighted by Crippen LogP contribution is 2.31. The topological polar surface area (TPSA) is 63.5 Å². The van der Waals surface area contributed by atoms with Gasteiger partial charge in [0.2, 0.25) is 0 Å². The van der Waals surface area contributed by atoms with E-state index in [1.807, 2.05) is 0 Å². The van der Waals surface area contributed by atoms with Crippen LogP contribution in [0, 0.1) is 5.82 Å². The highest BCUT2D eigenvalue weighted by molar-refractivity contribution is 7.21. The molecular formula is C18H15ClF3N3O2S. The van der Waals surface area contributed by atoms with Crippen molar-refractivity contribution in [1.29, 1.82) is 0 Å². The number of alkyl halides is 2. The van der Waals surface area contributed by atoms with Crippen molar-refractivity contribution in [3.05, 3.63) is 67.3 Å². The van der Waals surface area contributed by atoms with Crippen molar-refractivity contribution in [1.82, 2.24) is 14.7 Å². The van der Waals surface area contributed by atoms with Gasteiger partial charge in [-0.15, -0.1) is 0 Å². The van der Waals surface area contributed by atoms with Crippen LogP contribution in [0.1, 0.15) is 41.2 Å². The lowest BCUT2D eigenvalue weighted by molar-refractivity contribution is 0.0136. The van der Waals surface area contributed by atoms with E-state index < -0.39 is 28.8 Å². The van der Waals surface area contributed by atoms with Crippen molar-refractivity contribution in [2.45, 2.75) is 26.2 Å². The Morgan fingerprint density at radius 1 is 1.39 bits per heavy atom. The molecule has 0 unspecified atom stereocenters. The molecule has 1 amide bonds. The van der Waals surface area contributed by atoms with Crippen molar-refractivity contribution in [3.8, 4) is 0 Å². The van der Waals surface area contributed by atoms with Gasteiger partial charge < -0.3 is 5.32 Å². The summed E-state index contributed by atoms with van der Waals surface area (Å²) in [5.41, 5.74) is -1.14. The summed E-state index contributed by atoms with van der Waals surface area (Å²) in [5.74, 6) is -4.89. The second-order valence-corrected chi connectivity index (χ2v) is 7.71. The lowest BCUT2D eigenvalue weighted by atomic mass is 10.0. The third-order valence-electron chi connectivity index (χ3n) is 4.01. The third-order valence-corrected chi connectivity index (χ3v) is 5.25. The van der Waals surface area contributed by atoms with E-state index in [9.17, 15) is 22.8 Å². The van der Waals surface area contributed by atoms with Crippen LogP contribution in [0.4, 0.5) is 13.2 Å². The smallest absolute Gasteiger partial charge is 0.273 e. The molecule has 2 heterocycles. The molecule has 0 bridgehead atoms. The largest absolute Gasteiger partial charge is 0.351 e. The van der Waals surface area contributed by atoms with E-state index >= 15 is 0 Å². The number of halogens is 4. The number of hydrogen-bond acceptors (Lipinski definition) is 4. The molecule has 148 valence electrons. The number of amides is 1. The highest BCUT2D eigenvalue weighted by Gasteiger charge is 2.29. The Hall–Kier alpha value is -2.39. The number of carbonyl (C=O) groups is 1. The summed E-state index contributed by atoms with van der Waals surface area (Å²) < 4.78 is 42.7. The molecule has 2 aromatic heterocycles. The Balaban J connectivity index is 2.06. The quantitative estimate of drug-likeness (QED) is 0.666. The fourth-order valence-electron chi connectivity index (χ4n) is 2.77. The average Bonchev–Trinajstić information content (AvgIpc) is 2.92. The molecule has 0 aliphatic rings. The van der Waals surface area contributed by atoms with Crippen LogP contribution in [0.3, 0.4) is 0 Å². The van der Waals surface area contributed by atoms with Crippen molar-refractivity contribution < 1.29 is 18.0 Å². The fourth-order valence-corrected chi connectivity index (χ4v) is 4.03. The van der Waals surface area contributed by atoms with Crippen LogP contribution in [0.15, 0.2) is 29.1 Å². The van der Waals surface area contributed by atoms with Crippen molar-refractivity contribution in [2.24, 2.45) is 0 Å². The monoisotopic (exact) mass is 429 g/mol. The minimum absolute atomic E-state index is 0.0122. The number of nitrogens with zero attached hydrogens (tertiary/aromatic N) is 2. The normalized spacial score (nSPS) is 11.8. The van der Waals surface area contributed by atoms with E-state index in [2.05, 4.69) is 10.3 Å². The summed E-state index contributed by atoms with van der Waals surface area (Å²) in [4.78, 5) is 29.1. The van der Waals surface area contributed by atoms with E-state index in [0.29, 0.717) is 13.5 Å². The molecule has 0 radical (unpaired) electrons. The first-order chi connectivity index (χ1) is 13.1. The van der Waals surface area contributed by atoms with Gasteiger partial charge in [-0.1, -0.05) is 41.1 Å². The summed E-state index contributed by atoms with van der Waals surface area (Å²) in [6.07, 6.45) is -0.159. The molecule has 1 N–H and O–H groups in total. The fraction of sp³-hybridized carbons (Fsp3) is 0.278. The molecule has 0 aliphatic heterocycles. The Labute approximate surface area is 166 Å².